The number of rotatable bonds is 3. The lowest BCUT2D eigenvalue weighted by atomic mass is 9.84. The van der Waals surface area contributed by atoms with Crippen LogP contribution < -0.4 is 0 Å². The first-order valence-corrected chi connectivity index (χ1v) is 8.18. The van der Waals surface area contributed by atoms with Crippen LogP contribution in [0.4, 0.5) is 4.39 Å². The molecule has 3 rings (SSSR count). The predicted octanol–water partition coefficient (Wildman–Crippen LogP) is 5.25. The normalized spacial score (nSPS) is 11.8. The molecule has 0 spiro atoms. The summed E-state index contributed by atoms with van der Waals surface area (Å²) in [5.74, 6) is 0.542. The van der Waals surface area contributed by atoms with Crippen molar-refractivity contribution in [1.29, 1.82) is 0 Å². The van der Waals surface area contributed by atoms with Crippen molar-refractivity contribution in [2.24, 2.45) is 7.05 Å². The average Bonchev–Trinajstić information content (AvgIpc) is 2.90. The fraction of sp³-hybridized carbons (Fsp3) is 0.222. The largest absolute Gasteiger partial charge is 0.252 e. The molecule has 0 fully saturated rings. The van der Waals surface area contributed by atoms with Gasteiger partial charge in [-0.2, -0.15) is 5.10 Å². The SMILES string of the molecule is Cn1nc(-c2c(F)cccc2Cl)nc1C(C)(C)c1ccc(Cl)cc1. The van der Waals surface area contributed by atoms with Gasteiger partial charge in [-0.05, 0) is 43.7 Å². The van der Waals surface area contributed by atoms with Gasteiger partial charge < -0.3 is 0 Å². The number of benzene rings is 2. The van der Waals surface area contributed by atoms with Crippen molar-refractivity contribution in [3.8, 4) is 11.4 Å². The predicted molar refractivity (Wildman–Crippen MR) is 95.0 cm³/mol. The van der Waals surface area contributed by atoms with Crippen LogP contribution in [0.1, 0.15) is 25.2 Å². The van der Waals surface area contributed by atoms with Gasteiger partial charge in [0.25, 0.3) is 0 Å². The second kappa shape index (κ2) is 6.19. The van der Waals surface area contributed by atoms with Crippen molar-refractivity contribution in [3.63, 3.8) is 0 Å². The highest BCUT2D eigenvalue weighted by Crippen LogP contribution is 2.34. The summed E-state index contributed by atoms with van der Waals surface area (Å²) in [6.45, 7) is 4.07. The maximum atomic E-state index is 14.2. The van der Waals surface area contributed by atoms with Crippen LogP contribution in [-0.4, -0.2) is 14.8 Å². The molecule has 3 aromatic rings. The molecule has 0 unspecified atom stereocenters. The van der Waals surface area contributed by atoms with E-state index in [0.29, 0.717) is 10.8 Å². The van der Waals surface area contributed by atoms with E-state index in [-0.39, 0.29) is 16.4 Å². The quantitative estimate of drug-likeness (QED) is 0.635. The molecule has 6 heteroatoms. The van der Waals surface area contributed by atoms with E-state index >= 15 is 0 Å². The Kier molecular flexibility index (Phi) is 4.37. The van der Waals surface area contributed by atoms with Gasteiger partial charge >= 0.3 is 0 Å². The molecular weight excluding hydrogens is 348 g/mol. The number of aromatic nitrogens is 3. The molecule has 0 bridgehead atoms. The minimum atomic E-state index is -0.441. The number of hydrogen-bond acceptors (Lipinski definition) is 2. The zero-order valence-electron chi connectivity index (χ0n) is 13.5. The molecule has 0 N–H and O–H groups in total. The Hall–Kier alpha value is -1.91. The molecule has 0 aliphatic rings. The van der Waals surface area contributed by atoms with E-state index in [0.717, 1.165) is 5.56 Å². The van der Waals surface area contributed by atoms with Crippen LogP contribution >= 0.6 is 23.2 Å². The second-order valence-electron chi connectivity index (χ2n) is 6.11. The molecule has 0 atom stereocenters. The van der Waals surface area contributed by atoms with Gasteiger partial charge in [0.1, 0.15) is 11.6 Å². The lowest BCUT2D eigenvalue weighted by molar-refractivity contribution is 0.542. The zero-order valence-corrected chi connectivity index (χ0v) is 15.0. The Morgan fingerprint density at radius 3 is 2.33 bits per heavy atom. The minimum Gasteiger partial charge on any atom is -0.252 e. The van der Waals surface area contributed by atoms with E-state index in [9.17, 15) is 4.39 Å². The highest BCUT2D eigenvalue weighted by atomic mass is 35.5. The van der Waals surface area contributed by atoms with E-state index in [1.54, 1.807) is 23.9 Å². The average molecular weight is 364 g/mol. The van der Waals surface area contributed by atoms with Gasteiger partial charge in [0.15, 0.2) is 5.82 Å². The van der Waals surface area contributed by atoms with Crippen molar-refractivity contribution >= 4 is 23.2 Å². The maximum Gasteiger partial charge on any atom is 0.185 e. The summed E-state index contributed by atoms with van der Waals surface area (Å²) in [5, 5.41) is 5.33. The van der Waals surface area contributed by atoms with Crippen LogP contribution in [0, 0.1) is 5.82 Å². The van der Waals surface area contributed by atoms with Crippen LogP contribution in [0.5, 0.6) is 0 Å². The van der Waals surface area contributed by atoms with Crippen LogP contribution in [0.15, 0.2) is 42.5 Å². The number of halogens is 3. The van der Waals surface area contributed by atoms with Crippen molar-refractivity contribution in [3.05, 3.63) is 69.7 Å². The Morgan fingerprint density at radius 1 is 1.04 bits per heavy atom. The Balaban J connectivity index is 2.10. The molecule has 3 nitrogen and oxygen atoms in total. The molecular formula is C18H16Cl2FN3. The molecule has 24 heavy (non-hydrogen) atoms. The van der Waals surface area contributed by atoms with Crippen LogP contribution in [0.2, 0.25) is 10.0 Å². The van der Waals surface area contributed by atoms with E-state index < -0.39 is 11.2 Å². The van der Waals surface area contributed by atoms with E-state index in [1.165, 1.54) is 6.07 Å². The number of nitrogens with zero attached hydrogens (tertiary/aromatic N) is 3. The zero-order chi connectivity index (χ0) is 17.5. The summed E-state index contributed by atoms with van der Waals surface area (Å²) in [5.41, 5.74) is 0.823. The summed E-state index contributed by atoms with van der Waals surface area (Å²) in [6, 6.07) is 12.1. The standard InChI is InChI=1S/C18H16Cl2FN3/c1-18(2,11-7-9-12(19)10-8-11)17-22-16(23-24(17)3)15-13(20)5-4-6-14(15)21/h4-10H,1-3H3. The topological polar surface area (TPSA) is 30.7 Å². The third-order valence-corrected chi connectivity index (χ3v) is 4.64. The van der Waals surface area contributed by atoms with Gasteiger partial charge in [0, 0.05) is 17.5 Å². The first-order valence-electron chi connectivity index (χ1n) is 7.42. The number of hydrogen-bond donors (Lipinski definition) is 0. The highest BCUT2D eigenvalue weighted by molar-refractivity contribution is 6.33. The van der Waals surface area contributed by atoms with Crippen LogP contribution in [0.3, 0.4) is 0 Å². The van der Waals surface area contributed by atoms with Gasteiger partial charge in [0.2, 0.25) is 0 Å². The third-order valence-electron chi connectivity index (χ3n) is 4.07. The monoisotopic (exact) mass is 363 g/mol. The summed E-state index contributed by atoms with van der Waals surface area (Å²) >= 11 is 12.1. The highest BCUT2D eigenvalue weighted by Gasteiger charge is 2.30. The Morgan fingerprint density at radius 2 is 1.71 bits per heavy atom. The minimum absolute atomic E-state index is 0.216. The van der Waals surface area contributed by atoms with Crippen molar-refractivity contribution in [1.82, 2.24) is 14.8 Å². The fourth-order valence-electron chi connectivity index (χ4n) is 2.74. The first-order chi connectivity index (χ1) is 11.3. The van der Waals surface area contributed by atoms with Gasteiger partial charge in [-0.15, -0.1) is 0 Å². The molecule has 1 heterocycles. The summed E-state index contributed by atoms with van der Waals surface area (Å²) in [6.07, 6.45) is 0. The Labute approximate surface area is 150 Å². The summed E-state index contributed by atoms with van der Waals surface area (Å²) in [4.78, 5) is 4.57. The molecule has 0 radical (unpaired) electrons. The van der Waals surface area contributed by atoms with E-state index in [4.69, 9.17) is 23.2 Å². The lowest BCUT2D eigenvalue weighted by Crippen LogP contribution is -2.23. The summed E-state index contributed by atoms with van der Waals surface area (Å²) in [7, 11) is 1.79. The first kappa shape index (κ1) is 16.9. The molecule has 0 aliphatic carbocycles. The third kappa shape index (κ3) is 2.92. The van der Waals surface area contributed by atoms with Crippen molar-refractivity contribution < 1.29 is 4.39 Å². The van der Waals surface area contributed by atoms with Crippen molar-refractivity contribution in [2.45, 2.75) is 19.3 Å². The van der Waals surface area contributed by atoms with Crippen molar-refractivity contribution in [2.75, 3.05) is 0 Å². The maximum absolute atomic E-state index is 14.2. The van der Waals surface area contributed by atoms with Gasteiger partial charge in [-0.25, -0.2) is 9.37 Å². The second-order valence-corrected chi connectivity index (χ2v) is 6.95. The van der Waals surface area contributed by atoms with Crippen LogP contribution in [-0.2, 0) is 12.5 Å². The van der Waals surface area contributed by atoms with Gasteiger partial charge in [-0.3, -0.25) is 4.68 Å². The Bertz CT molecular complexity index is 866. The molecule has 2 aromatic carbocycles. The summed E-state index contributed by atoms with van der Waals surface area (Å²) < 4.78 is 15.8. The van der Waals surface area contributed by atoms with Crippen LogP contribution in [0.25, 0.3) is 11.4 Å². The molecule has 0 aliphatic heterocycles. The molecule has 0 saturated carbocycles. The smallest absolute Gasteiger partial charge is 0.185 e. The molecule has 124 valence electrons. The fourth-order valence-corrected chi connectivity index (χ4v) is 3.12. The van der Waals surface area contributed by atoms with Gasteiger partial charge in [0.05, 0.1) is 10.6 Å². The van der Waals surface area contributed by atoms with Gasteiger partial charge in [-0.1, -0.05) is 41.4 Å². The molecule has 0 saturated heterocycles. The molecule has 0 amide bonds. The lowest BCUT2D eigenvalue weighted by Gasteiger charge is -2.24. The number of aryl methyl sites for hydroxylation is 1. The van der Waals surface area contributed by atoms with E-state index in [1.807, 2.05) is 38.1 Å². The molecule has 1 aromatic heterocycles. The van der Waals surface area contributed by atoms with E-state index in [2.05, 4.69) is 10.1 Å².